The summed E-state index contributed by atoms with van der Waals surface area (Å²) in [6, 6.07) is 11.2. The first kappa shape index (κ1) is 20.2. The molecule has 130 valence electrons. The standard InChI is InChI=1S/C17H19N3O2.2ClH/c21-17(13-5-4-9-18-11-13)20-15-12-19-10-8-16(15)22-14-6-2-1-3-7-14;;/h1-3,6-8,10,12-13,18H,4-5,9,11H2,(H,20,21);2*1H. The van der Waals surface area contributed by atoms with Gasteiger partial charge in [0.15, 0.2) is 5.75 Å². The lowest BCUT2D eigenvalue weighted by Gasteiger charge is -2.22. The first-order valence-corrected chi connectivity index (χ1v) is 7.51. The molecule has 1 aromatic heterocycles. The lowest BCUT2D eigenvalue weighted by Crippen LogP contribution is -2.37. The smallest absolute Gasteiger partial charge is 0.228 e. The van der Waals surface area contributed by atoms with Crippen LogP contribution in [0.3, 0.4) is 0 Å². The van der Waals surface area contributed by atoms with Crippen LogP contribution in [0.25, 0.3) is 0 Å². The second-order valence-corrected chi connectivity index (χ2v) is 5.32. The molecule has 2 aromatic rings. The summed E-state index contributed by atoms with van der Waals surface area (Å²) in [6.45, 7) is 1.71. The quantitative estimate of drug-likeness (QED) is 0.862. The summed E-state index contributed by atoms with van der Waals surface area (Å²) in [4.78, 5) is 16.4. The van der Waals surface area contributed by atoms with Crippen molar-refractivity contribution in [3.63, 3.8) is 0 Å². The number of amides is 1. The number of carbonyl (C=O) groups excluding carboxylic acids is 1. The molecule has 7 heteroatoms. The van der Waals surface area contributed by atoms with E-state index >= 15 is 0 Å². The normalized spacial score (nSPS) is 16.2. The Labute approximate surface area is 154 Å². The van der Waals surface area contributed by atoms with Gasteiger partial charge in [-0.3, -0.25) is 9.78 Å². The van der Waals surface area contributed by atoms with E-state index in [9.17, 15) is 4.79 Å². The molecule has 1 aliphatic heterocycles. The largest absolute Gasteiger partial charge is 0.455 e. The fourth-order valence-corrected chi connectivity index (χ4v) is 2.49. The van der Waals surface area contributed by atoms with E-state index in [0.29, 0.717) is 11.4 Å². The number of nitrogens with zero attached hydrogens (tertiary/aromatic N) is 1. The van der Waals surface area contributed by atoms with Crippen molar-refractivity contribution in [3.05, 3.63) is 48.8 Å². The number of carbonyl (C=O) groups is 1. The number of rotatable bonds is 4. The Balaban J connectivity index is 0.00000144. The van der Waals surface area contributed by atoms with Crippen LogP contribution in [-0.2, 0) is 4.79 Å². The van der Waals surface area contributed by atoms with Crippen LogP contribution >= 0.6 is 24.8 Å². The molecule has 0 aliphatic carbocycles. The zero-order valence-electron chi connectivity index (χ0n) is 13.1. The molecule has 24 heavy (non-hydrogen) atoms. The third-order valence-corrected chi connectivity index (χ3v) is 3.68. The van der Waals surface area contributed by atoms with Gasteiger partial charge in [0.2, 0.25) is 5.91 Å². The Morgan fingerprint density at radius 2 is 2.00 bits per heavy atom. The number of piperidine rings is 1. The van der Waals surface area contributed by atoms with Crippen molar-refractivity contribution in [1.29, 1.82) is 0 Å². The lowest BCUT2D eigenvalue weighted by molar-refractivity contribution is -0.120. The van der Waals surface area contributed by atoms with Crippen LogP contribution in [0.2, 0.25) is 0 Å². The predicted molar refractivity (Wildman–Crippen MR) is 99.5 cm³/mol. The molecule has 1 fully saturated rings. The highest BCUT2D eigenvalue weighted by atomic mass is 35.5. The van der Waals surface area contributed by atoms with E-state index in [1.54, 1.807) is 18.5 Å². The molecule has 1 unspecified atom stereocenters. The SMILES string of the molecule is Cl.Cl.O=C(Nc1cnccc1Oc1ccccc1)C1CCCNC1. The summed E-state index contributed by atoms with van der Waals surface area (Å²) in [5.74, 6) is 1.33. The molecule has 1 saturated heterocycles. The summed E-state index contributed by atoms with van der Waals surface area (Å²) in [6.07, 6.45) is 5.20. The molecule has 3 rings (SSSR count). The van der Waals surface area contributed by atoms with Crippen LogP contribution < -0.4 is 15.4 Å². The van der Waals surface area contributed by atoms with E-state index < -0.39 is 0 Å². The van der Waals surface area contributed by atoms with E-state index in [0.717, 1.165) is 31.7 Å². The Hall–Kier alpha value is -1.82. The number of nitrogens with one attached hydrogen (secondary N) is 2. The van der Waals surface area contributed by atoms with Gasteiger partial charge in [0.25, 0.3) is 0 Å². The zero-order chi connectivity index (χ0) is 15.2. The highest BCUT2D eigenvalue weighted by Crippen LogP contribution is 2.28. The van der Waals surface area contributed by atoms with E-state index in [4.69, 9.17) is 4.74 Å². The Kier molecular flexibility index (Phi) is 8.54. The van der Waals surface area contributed by atoms with Gasteiger partial charge in [-0.05, 0) is 31.5 Å². The number of aromatic nitrogens is 1. The average Bonchev–Trinajstić information content (AvgIpc) is 2.58. The number of benzene rings is 1. The number of hydrogen-bond donors (Lipinski definition) is 2. The Morgan fingerprint density at radius 1 is 1.21 bits per heavy atom. The Bertz CT molecular complexity index is 635. The molecule has 0 radical (unpaired) electrons. The van der Waals surface area contributed by atoms with Crippen molar-refractivity contribution in [2.45, 2.75) is 12.8 Å². The molecule has 2 N–H and O–H groups in total. The van der Waals surface area contributed by atoms with Crippen molar-refractivity contribution < 1.29 is 9.53 Å². The van der Waals surface area contributed by atoms with Crippen LogP contribution in [0.5, 0.6) is 11.5 Å². The van der Waals surface area contributed by atoms with Gasteiger partial charge >= 0.3 is 0 Å². The maximum atomic E-state index is 12.3. The number of halogens is 2. The van der Waals surface area contributed by atoms with E-state index in [2.05, 4.69) is 15.6 Å². The number of anilines is 1. The van der Waals surface area contributed by atoms with Crippen LogP contribution in [0.15, 0.2) is 48.8 Å². The molecule has 1 aliphatic rings. The van der Waals surface area contributed by atoms with Crippen molar-refractivity contribution in [3.8, 4) is 11.5 Å². The average molecular weight is 370 g/mol. The van der Waals surface area contributed by atoms with Crippen LogP contribution in [0.4, 0.5) is 5.69 Å². The van der Waals surface area contributed by atoms with Gasteiger partial charge < -0.3 is 15.4 Å². The minimum absolute atomic E-state index is 0. The second kappa shape index (κ2) is 10.1. The van der Waals surface area contributed by atoms with E-state index in [-0.39, 0.29) is 36.6 Å². The fraction of sp³-hybridized carbons (Fsp3) is 0.294. The van der Waals surface area contributed by atoms with Gasteiger partial charge in [0, 0.05) is 18.8 Å². The monoisotopic (exact) mass is 369 g/mol. The van der Waals surface area contributed by atoms with Gasteiger partial charge in [0.1, 0.15) is 11.4 Å². The number of hydrogen-bond acceptors (Lipinski definition) is 4. The predicted octanol–water partition coefficient (Wildman–Crippen LogP) is 3.66. The van der Waals surface area contributed by atoms with Crippen molar-refractivity contribution >= 4 is 36.4 Å². The van der Waals surface area contributed by atoms with Gasteiger partial charge in [0.05, 0.1) is 12.1 Å². The maximum absolute atomic E-state index is 12.3. The summed E-state index contributed by atoms with van der Waals surface area (Å²) in [5.41, 5.74) is 0.599. The highest BCUT2D eigenvalue weighted by Gasteiger charge is 2.21. The van der Waals surface area contributed by atoms with Gasteiger partial charge in [-0.2, -0.15) is 0 Å². The summed E-state index contributed by atoms with van der Waals surface area (Å²) in [5, 5.41) is 6.18. The van der Waals surface area contributed by atoms with Gasteiger partial charge in [-0.25, -0.2) is 0 Å². The highest BCUT2D eigenvalue weighted by molar-refractivity contribution is 5.94. The molecule has 0 bridgehead atoms. The van der Waals surface area contributed by atoms with Gasteiger partial charge in [-0.1, -0.05) is 18.2 Å². The summed E-state index contributed by atoms with van der Waals surface area (Å²) in [7, 11) is 0. The van der Waals surface area contributed by atoms with Crippen molar-refractivity contribution in [2.24, 2.45) is 5.92 Å². The summed E-state index contributed by atoms with van der Waals surface area (Å²) < 4.78 is 5.83. The van der Waals surface area contributed by atoms with E-state index in [1.807, 2.05) is 30.3 Å². The van der Waals surface area contributed by atoms with Crippen molar-refractivity contribution in [2.75, 3.05) is 18.4 Å². The Morgan fingerprint density at radius 3 is 2.71 bits per heavy atom. The molecule has 0 spiro atoms. The van der Waals surface area contributed by atoms with Crippen LogP contribution in [-0.4, -0.2) is 24.0 Å². The van der Waals surface area contributed by atoms with Crippen molar-refractivity contribution in [1.82, 2.24) is 10.3 Å². The number of pyridine rings is 1. The first-order valence-electron chi connectivity index (χ1n) is 7.51. The molecule has 1 atom stereocenters. The number of para-hydroxylation sites is 1. The minimum atomic E-state index is -0.00136. The molecule has 1 amide bonds. The summed E-state index contributed by atoms with van der Waals surface area (Å²) >= 11 is 0. The topological polar surface area (TPSA) is 63.2 Å². The molecule has 0 saturated carbocycles. The van der Waals surface area contributed by atoms with Crippen LogP contribution in [0, 0.1) is 5.92 Å². The minimum Gasteiger partial charge on any atom is -0.455 e. The maximum Gasteiger partial charge on any atom is 0.228 e. The molecular formula is C17H21Cl2N3O2. The zero-order valence-corrected chi connectivity index (χ0v) is 14.7. The lowest BCUT2D eigenvalue weighted by atomic mass is 9.99. The van der Waals surface area contributed by atoms with Gasteiger partial charge in [-0.15, -0.1) is 24.8 Å². The third-order valence-electron chi connectivity index (χ3n) is 3.68. The number of ether oxygens (including phenoxy) is 1. The molecule has 5 nitrogen and oxygen atoms in total. The fourth-order valence-electron chi connectivity index (χ4n) is 2.49. The van der Waals surface area contributed by atoms with E-state index in [1.165, 1.54) is 0 Å². The third kappa shape index (κ3) is 5.37. The molecule has 2 heterocycles. The second-order valence-electron chi connectivity index (χ2n) is 5.32. The molecule has 1 aromatic carbocycles. The molecular weight excluding hydrogens is 349 g/mol. The van der Waals surface area contributed by atoms with Crippen LogP contribution in [0.1, 0.15) is 12.8 Å². The first-order chi connectivity index (χ1) is 10.8.